The van der Waals surface area contributed by atoms with Crippen LogP contribution in [-0.2, 0) is 0 Å². The first-order valence-corrected chi connectivity index (χ1v) is 6.16. The Hall–Kier alpha value is -2.17. The molecule has 0 saturated carbocycles. The molecular weight excluding hydrogens is 226 g/mol. The minimum Gasteiger partial charge on any atom is -0.347 e. The fraction of sp³-hybridized carbons (Fsp3) is 0.308. The molecule has 3 heterocycles. The molecule has 0 atom stereocenters. The Morgan fingerprint density at radius 1 is 1.00 bits per heavy atom. The molecule has 0 radical (unpaired) electrons. The van der Waals surface area contributed by atoms with Crippen molar-refractivity contribution < 1.29 is 4.98 Å². The van der Waals surface area contributed by atoms with Crippen LogP contribution in [0.1, 0.15) is 0 Å². The van der Waals surface area contributed by atoms with Crippen LogP contribution >= 0.6 is 0 Å². The van der Waals surface area contributed by atoms with Crippen LogP contribution in [0.4, 0.5) is 11.6 Å². The lowest BCUT2D eigenvalue weighted by Crippen LogP contribution is -2.48. The second kappa shape index (κ2) is 5.00. The van der Waals surface area contributed by atoms with E-state index in [-0.39, 0.29) is 0 Å². The van der Waals surface area contributed by atoms with Gasteiger partial charge in [0.1, 0.15) is 18.9 Å². The Balaban J connectivity index is 1.65. The zero-order valence-electron chi connectivity index (χ0n) is 10.2. The lowest BCUT2D eigenvalue weighted by Gasteiger charge is -2.31. The lowest BCUT2D eigenvalue weighted by molar-refractivity contribution is -0.364. The Labute approximate surface area is 106 Å². The summed E-state index contributed by atoms with van der Waals surface area (Å²) in [4.78, 5) is 16.3. The fourth-order valence-corrected chi connectivity index (χ4v) is 2.21. The third-order valence-corrected chi connectivity index (χ3v) is 3.19. The maximum atomic E-state index is 4.34. The number of aromatic amines is 1. The van der Waals surface area contributed by atoms with Gasteiger partial charge in [-0.05, 0) is 6.07 Å². The summed E-state index contributed by atoms with van der Waals surface area (Å²) in [6.07, 6.45) is 7.24. The number of H-pyrrole nitrogens is 1. The van der Waals surface area contributed by atoms with Crippen molar-refractivity contribution in [2.75, 3.05) is 36.0 Å². The monoisotopic (exact) mass is 242 g/mol. The van der Waals surface area contributed by atoms with Gasteiger partial charge in [0, 0.05) is 18.5 Å². The highest BCUT2D eigenvalue weighted by Crippen LogP contribution is 2.14. The third-order valence-electron chi connectivity index (χ3n) is 3.19. The van der Waals surface area contributed by atoms with Gasteiger partial charge in [0.15, 0.2) is 0 Å². The van der Waals surface area contributed by atoms with E-state index in [4.69, 9.17) is 0 Å². The number of aromatic nitrogens is 3. The van der Waals surface area contributed by atoms with Gasteiger partial charge in [-0.3, -0.25) is 9.88 Å². The molecule has 0 bridgehead atoms. The smallest absolute Gasteiger partial charge is 0.274 e. The quantitative estimate of drug-likeness (QED) is 0.774. The van der Waals surface area contributed by atoms with Gasteiger partial charge in [-0.2, -0.15) is 0 Å². The SMILES string of the molecule is c1ccc(N2CCN(c3cnccn3)CC2)[nH+]c1. The predicted octanol–water partition coefficient (Wildman–Crippen LogP) is 0.617. The Morgan fingerprint density at radius 3 is 2.50 bits per heavy atom. The van der Waals surface area contributed by atoms with Crippen molar-refractivity contribution in [3.8, 4) is 0 Å². The maximum Gasteiger partial charge on any atom is 0.274 e. The molecule has 1 saturated heterocycles. The summed E-state index contributed by atoms with van der Waals surface area (Å²) in [5, 5.41) is 0. The minimum absolute atomic E-state index is 0.967. The average Bonchev–Trinajstić information content (AvgIpc) is 2.49. The van der Waals surface area contributed by atoms with E-state index in [1.54, 1.807) is 12.4 Å². The first-order valence-electron chi connectivity index (χ1n) is 6.16. The molecule has 0 unspecified atom stereocenters. The molecule has 2 aromatic heterocycles. The van der Waals surface area contributed by atoms with E-state index in [1.807, 2.05) is 18.5 Å². The average molecular weight is 242 g/mol. The Bertz CT molecular complexity index is 432. The molecule has 3 rings (SSSR count). The molecule has 92 valence electrons. The minimum atomic E-state index is 0.967. The van der Waals surface area contributed by atoms with Gasteiger partial charge in [0.25, 0.3) is 5.82 Å². The predicted molar refractivity (Wildman–Crippen MR) is 69.5 cm³/mol. The highest BCUT2D eigenvalue weighted by Gasteiger charge is 2.23. The standard InChI is InChI=1S/C13H15N5/c1-2-4-15-12(3-1)17-7-9-18(10-8-17)13-11-14-5-6-16-13/h1-6,11H,7-10H2/p+1. The first-order chi connectivity index (χ1) is 8.93. The summed E-state index contributed by atoms with van der Waals surface area (Å²) in [5.41, 5.74) is 0. The molecule has 18 heavy (non-hydrogen) atoms. The Kier molecular flexibility index (Phi) is 3.04. The molecule has 2 aromatic rings. The molecule has 0 aromatic carbocycles. The van der Waals surface area contributed by atoms with Crippen molar-refractivity contribution in [1.82, 2.24) is 9.97 Å². The summed E-state index contributed by atoms with van der Waals surface area (Å²) >= 11 is 0. The molecule has 0 spiro atoms. The molecule has 1 aliphatic heterocycles. The zero-order valence-corrected chi connectivity index (χ0v) is 10.2. The number of nitrogens with zero attached hydrogens (tertiary/aromatic N) is 4. The number of piperazine rings is 1. The van der Waals surface area contributed by atoms with E-state index < -0.39 is 0 Å². The second-order valence-corrected chi connectivity index (χ2v) is 4.29. The zero-order chi connectivity index (χ0) is 12.2. The number of anilines is 2. The molecular formula is C13H16N5+. The van der Waals surface area contributed by atoms with E-state index >= 15 is 0 Å². The number of pyridine rings is 1. The highest BCUT2D eigenvalue weighted by atomic mass is 15.3. The number of nitrogens with one attached hydrogen (secondary N) is 1. The van der Waals surface area contributed by atoms with Crippen LogP contribution in [0.5, 0.6) is 0 Å². The number of hydrogen-bond acceptors (Lipinski definition) is 4. The van der Waals surface area contributed by atoms with E-state index in [2.05, 4.69) is 36.9 Å². The molecule has 1 fully saturated rings. The topological polar surface area (TPSA) is 46.4 Å². The van der Waals surface area contributed by atoms with E-state index in [0.29, 0.717) is 0 Å². The van der Waals surface area contributed by atoms with E-state index in [1.165, 1.54) is 5.82 Å². The normalized spacial score (nSPS) is 15.8. The molecule has 0 aliphatic carbocycles. The summed E-state index contributed by atoms with van der Waals surface area (Å²) in [5.74, 6) is 2.14. The molecule has 0 amide bonds. The van der Waals surface area contributed by atoms with Gasteiger partial charge >= 0.3 is 0 Å². The molecule has 1 aliphatic rings. The van der Waals surface area contributed by atoms with E-state index in [0.717, 1.165) is 32.0 Å². The van der Waals surface area contributed by atoms with Crippen LogP contribution < -0.4 is 14.8 Å². The van der Waals surface area contributed by atoms with Gasteiger partial charge in [-0.25, -0.2) is 9.97 Å². The van der Waals surface area contributed by atoms with Gasteiger partial charge in [0.2, 0.25) is 0 Å². The number of hydrogen-bond donors (Lipinski definition) is 0. The summed E-state index contributed by atoms with van der Waals surface area (Å²) < 4.78 is 0. The summed E-state index contributed by atoms with van der Waals surface area (Å²) in [6, 6.07) is 6.16. The van der Waals surface area contributed by atoms with Crippen LogP contribution in [0, 0.1) is 0 Å². The van der Waals surface area contributed by atoms with Crippen LogP contribution in [0.15, 0.2) is 43.0 Å². The summed E-state index contributed by atoms with van der Waals surface area (Å²) in [6.45, 7) is 3.94. The number of rotatable bonds is 2. The van der Waals surface area contributed by atoms with Gasteiger partial charge in [-0.15, -0.1) is 0 Å². The molecule has 1 N–H and O–H groups in total. The lowest BCUT2D eigenvalue weighted by atomic mass is 10.3. The van der Waals surface area contributed by atoms with Crippen LogP contribution in [-0.4, -0.2) is 36.1 Å². The maximum absolute atomic E-state index is 4.34. The third kappa shape index (κ3) is 2.25. The first kappa shape index (κ1) is 11.0. The second-order valence-electron chi connectivity index (χ2n) is 4.29. The fourth-order valence-electron chi connectivity index (χ4n) is 2.21. The van der Waals surface area contributed by atoms with Crippen molar-refractivity contribution in [2.24, 2.45) is 0 Å². The Morgan fingerprint density at radius 2 is 1.83 bits per heavy atom. The van der Waals surface area contributed by atoms with Gasteiger partial charge in [0.05, 0.1) is 25.5 Å². The molecule has 5 heteroatoms. The van der Waals surface area contributed by atoms with E-state index in [9.17, 15) is 0 Å². The van der Waals surface area contributed by atoms with Crippen molar-refractivity contribution in [2.45, 2.75) is 0 Å². The van der Waals surface area contributed by atoms with Crippen LogP contribution in [0.2, 0.25) is 0 Å². The van der Waals surface area contributed by atoms with Crippen molar-refractivity contribution in [3.63, 3.8) is 0 Å². The van der Waals surface area contributed by atoms with Crippen molar-refractivity contribution >= 4 is 11.6 Å². The highest BCUT2D eigenvalue weighted by molar-refractivity contribution is 5.40. The molecule has 5 nitrogen and oxygen atoms in total. The largest absolute Gasteiger partial charge is 0.347 e. The van der Waals surface area contributed by atoms with Crippen molar-refractivity contribution in [3.05, 3.63) is 43.0 Å². The van der Waals surface area contributed by atoms with Gasteiger partial charge < -0.3 is 4.90 Å². The summed E-state index contributed by atoms with van der Waals surface area (Å²) in [7, 11) is 0. The van der Waals surface area contributed by atoms with Crippen molar-refractivity contribution in [1.29, 1.82) is 0 Å². The van der Waals surface area contributed by atoms with Gasteiger partial charge in [-0.1, -0.05) is 6.07 Å². The van der Waals surface area contributed by atoms with Crippen LogP contribution in [0.25, 0.3) is 0 Å². The van der Waals surface area contributed by atoms with Crippen LogP contribution in [0.3, 0.4) is 0 Å².